The number of urea groups is 1. The van der Waals surface area contributed by atoms with Crippen LogP contribution in [0.15, 0.2) is 36.5 Å². The van der Waals surface area contributed by atoms with Crippen molar-refractivity contribution in [2.75, 3.05) is 32.9 Å². The average molecular weight is 367 g/mol. The van der Waals surface area contributed by atoms with E-state index in [0.29, 0.717) is 30.4 Å². The Hall–Kier alpha value is -3.42. The van der Waals surface area contributed by atoms with Gasteiger partial charge in [0.05, 0.1) is 22.9 Å². The number of hydrogen-bond acceptors (Lipinski definition) is 5. The van der Waals surface area contributed by atoms with Crippen molar-refractivity contribution in [3.8, 4) is 11.5 Å². The Bertz CT molecular complexity index is 1010. The van der Waals surface area contributed by atoms with Gasteiger partial charge in [0.25, 0.3) is 0 Å². The van der Waals surface area contributed by atoms with Crippen molar-refractivity contribution in [3.63, 3.8) is 0 Å². The molecule has 0 radical (unpaired) electrons. The summed E-state index contributed by atoms with van der Waals surface area (Å²) in [6.07, 6.45) is 4.42. The number of rotatable bonds is 2. The number of amides is 2. The van der Waals surface area contributed by atoms with E-state index >= 15 is 0 Å². The number of carbonyl (C=O) groups is 1. The molecule has 0 unspecified atom stereocenters. The van der Waals surface area contributed by atoms with Crippen molar-refractivity contribution in [2.45, 2.75) is 6.42 Å². The monoisotopic (exact) mass is 367 g/mol. The molecule has 8 heteroatoms. The van der Waals surface area contributed by atoms with Gasteiger partial charge in [0.2, 0.25) is 0 Å². The molecule has 3 aromatic rings. The van der Waals surface area contributed by atoms with Crippen LogP contribution in [0.3, 0.4) is 0 Å². The summed E-state index contributed by atoms with van der Waals surface area (Å²) in [5.74, 6) is 0.933. The van der Waals surface area contributed by atoms with Gasteiger partial charge >= 0.3 is 6.03 Å². The Morgan fingerprint density at radius 1 is 1.30 bits per heavy atom. The molecule has 0 fully saturated rings. The van der Waals surface area contributed by atoms with Crippen molar-refractivity contribution in [1.29, 1.82) is 0 Å². The molecule has 0 spiro atoms. The second-order valence-electron chi connectivity index (χ2n) is 6.69. The number of carbonyl (C=O) groups excluding carboxylic acids is 1. The van der Waals surface area contributed by atoms with E-state index < -0.39 is 0 Å². The second-order valence-corrected chi connectivity index (χ2v) is 6.69. The zero-order valence-corrected chi connectivity index (χ0v) is 15.3. The first-order chi connectivity index (χ1) is 13.0. The molecule has 2 amide bonds. The van der Waals surface area contributed by atoms with Gasteiger partial charge < -0.3 is 20.5 Å². The highest BCUT2D eigenvalue weighted by atomic mass is 16.2. The number of nitrogens with one attached hydrogen (secondary N) is 1. The van der Waals surface area contributed by atoms with E-state index in [1.165, 1.54) is 0 Å². The summed E-state index contributed by atoms with van der Waals surface area (Å²) in [5.41, 5.74) is 10.2. The molecule has 0 bridgehead atoms. The van der Waals surface area contributed by atoms with Gasteiger partial charge in [0.1, 0.15) is 5.69 Å². The van der Waals surface area contributed by atoms with E-state index in [1.807, 2.05) is 30.3 Å². The number of anilines is 1. The highest BCUT2D eigenvalue weighted by molar-refractivity contribution is 5.81. The van der Waals surface area contributed by atoms with Crippen LogP contribution in [0.1, 0.15) is 15.0 Å². The molecule has 1 aliphatic rings. The lowest BCUT2D eigenvalue weighted by Gasteiger charge is -2.28. The normalized spacial score (nSPS) is 14.3. The molecule has 2 aromatic heterocycles. The lowest BCUT2D eigenvalue weighted by molar-refractivity contribution is 0.176. The summed E-state index contributed by atoms with van der Waals surface area (Å²) < 4.78 is 0. The van der Waals surface area contributed by atoms with Crippen LogP contribution in [-0.4, -0.2) is 63.0 Å². The third kappa shape index (κ3) is 3.21. The molecule has 3 N–H and O–H groups in total. The minimum Gasteiger partial charge on any atom is -0.382 e. The molecule has 0 saturated carbocycles. The fraction of sp³-hybridized carbons (Fsp3) is 0.263. The van der Waals surface area contributed by atoms with Crippen molar-refractivity contribution >= 4 is 28.5 Å². The molecule has 1 aliphatic heterocycles. The van der Waals surface area contributed by atoms with Gasteiger partial charge in [0, 0.05) is 30.0 Å². The van der Waals surface area contributed by atoms with Gasteiger partial charge in [0.15, 0.2) is 11.6 Å². The maximum Gasteiger partial charge on any atom is 0.319 e. The molecule has 0 aliphatic carbocycles. The Labute approximate surface area is 159 Å². The third-order valence-electron chi connectivity index (χ3n) is 4.61. The lowest BCUT2D eigenvalue weighted by Crippen LogP contribution is -2.41. The van der Waals surface area contributed by atoms with E-state index in [4.69, 9.17) is 10.7 Å². The summed E-state index contributed by atoms with van der Waals surface area (Å²) in [6.45, 7) is 1.20. The van der Waals surface area contributed by atoms with Gasteiger partial charge in [-0.15, -0.1) is 0 Å². The number of benzene rings is 1. The maximum atomic E-state index is 12.1. The molecule has 27 heavy (non-hydrogen) atoms. The number of nitrogens with two attached hydrogens (primary N) is 1. The Morgan fingerprint density at radius 2 is 2.11 bits per heavy atom. The molecule has 8 nitrogen and oxygen atoms in total. The minimum atomic E-state index is 0. The van der Waals surface area contributed by atoms with Gasteiger partial charge in [-0.1, -0.05) is 18.2 Å². The second kappa shape index (κ2) is 6.71. The Kier molecular flexibility index (Phi) is 4.23. The fourth-order valence-electron chi connectivity index (χ4n) is 3.15. The first kappa shape index (κ1) is 17.0. The van der Waals surface area contributed by atoms with Gasteiger partial charge in [-0.2, -0.15) is 0 Å². The van der Waals surface area contributed by atoms with E-state index in [0.717, 1.165) is 28.7 Å². The summed E-state index contributed by atoms with van der Waals surface area (Å²) >= 11 is 0. The smallest absolute Gasteiger partial charge is 0.319 e. The van der Waals surface area contributed by atoms with Crippen LogP contribution < -0.4 is 5.73 Å². The largest absolute Gasteiger partial charge is 0.382 e. The number of aromatic amines is 1. The number of fused-ring (bicyclic) bond motifs is 1. The topological polar surface area (TPSA) is 104 Å². The molecular formula is C19H25N7O. The van der Waals surface area contributed by atoms with Gasteiger partial charge in [-0.25, -0.2) is 19.7 Å². The summed E-state index contributed by atoms with van der Waals surface area (Å²) in [7, 11) is 3.51. The quantitative estimate of drug-likeness (QED) is 0.725. The van der Waals surface area contributed by atoms with Gasteiger partial charge in [-0.3, -0.25) is 0 Å². The number of H-pyrrole nitrogens is 1. The van der Waals surface area contributed by atoms with Crippen molar-refractivity contribution in [2.24, 2.45) is 0 Å². The van der Waals surface area contributed by atoms with Crippen LogP contribution in [-0.2, 0) is 0 Å². The Morgan fingerprint density at radius 3 is 2.81 bits per heavy atom. The number of imidazole rings is 1. The average Bonchev–Trinajstić information content (AvgIpc) is 3.12. The lowest BCUT2D eigenvalue weighted by atomic mass is 10.1. The third-order valence-corrected chi connectivity index (χ3v) is 4.61. The number of nitrogens with zero attached hydrogens (tertiary/aromatic N) is 5. The molecule has 1 aromatic carbocycles. The number of para-hydroxylation sites is 2. The first-order valence-corrected chi connectivity index (χ1v) is 8.76. The van der Waals surface area contributed by atoms with E-state index in [2.05, 4.69) is 15.0 Å². The van der Waals surface area contributed by atoms with Crippen LogP contribution >= 0.6 is 0 Å². The molecule has 0 atom stereocenters. The SMILES string of the molecule is CN(C)C(=O)N1CC=C(c2cnc(N)c(-c3nc4ccccc4[nH]3)n2)CC1.[HH].[HH]. The summed E-state index contributed by atoms with van der Waals surface area (Å²) in [5, 5.41) is 0. The highest BCUT2D eigenvalue weighted by Crippen LogP contribution is 2.26. The zero-order valence-electron chi connectivity index (χ0n) is 15.3. The molecular weight excluding hydrogens is 342 g/mol. The van der Waals surface area contributed by atoms with Crippen molar-refractivity contribution in [3.05, 3.63) is 42.2 Å². The standard InChI is InChI=1S/C19H21N7O.2H2/c1-25(2)19(27)26-9-7-12(8-10-26)15-11-21-17(20)16(22-15)18-23-13-5-3-4-6-14(13)24-18;;/h3-7,11H,8-10H2,1-2H3,(H2,20,21)(H,23,24);2*1H. The molecule has 3 heterocycles. The van der Waals surface area contributed by atoms with Crippen molar-refractivity contribution < 1.29 is 7.65 Å². The minimum absolute atomic E-state index is 0. The number of hydrogen-bond donors (Lipinski definition) is 2. The maximum absolute atomic E-state index is 12.1. The van der Waals surface area contributed by atoms with Crippen LogP contribution in [0.4, 0.5) is 10.6 Å². The molecule has 0 saturated heterocycles. The van der Waals surface area contributed by atoms with Crippen LogP contribution in [0.2, 0.25) is 0 Å². The summed E-state index contributed by atoms with van der Waals surface area (Å²) in [4.78, 5) is 32.3. The van der Waals surface area contributed by atoms with Gasteiger partial charge in [-0.05, 0) is 24.1 Å². The summed E-state index contributed by atoms with van der Waals surface area (Å²) in [6, 6.07) is 7.79. The first-order valence-electron chi connectivity index (χ1n) is 8.76. The number of aromatic nitrogens is 4. The van der Waals surface area contributed by atoms with E-state index in [9.17, 15) is 4.79 Å². The van der Waals surface area contributed by atoms with Crippen LogP contribution in [0, 0.1) is 0 Å². The predicted molar refractivity (Wildman–Crippen MR) is 109 cm³/mol. The van der Waals surface area contributed by atoms with E-state index in [1.54, 1.807) is 30.1 Å². The van der Waals surface area contributed by atoms with E-state index in [-0.39, 0.29) is 8.88 Å². The highest BCUT2D eigenvalue weighted by Gasteiger charge is 2.21. The van der Waals surface area contributed by atoms with Crippen LogP contribution in [0.5, 0.6) is 0 Å². The van der Waals surface area contributed by atoms with Crippen molar-refractivity contribution in [1.82, 2.24) is 29.7 Å². The molecule has 142 valence electrons. The fourth-order valence-corrected chi connectivity index (χ4v) is 3.15. The van der Waals surface area contributed by atoms with Crippen LogP contribution in [0.25, 0.3) is 28.1 Å². The molecule has 4 rings (SSSR count). The Balaban J connectivity index is 0.00000150. The predicted octanol–water partition coefficient (Wildman–Crippen LogP) is 2.86. The number of nitrogen functional groups attached to an aromatic ring is 1. The zero-order chi connectivity index (χ0) is 19.0.